The first-order valence-electron chi connectivity index (χ1n) is 17.4. The lowest BCUT2D eigenvalue weighted by Gasteiger charge is -2.29. The predicted molar refractivity (Wildman–Crippen MR) is 199 cm³/mol. The van der Waals surface area contributed by atoms with E-state index in [0.717, 1.165) is 22.0 Å². The number of amides is 5. The number of thiazole rings is 1. The predicted octanol–water partition coefficient (Wildman–Crippen LogP) is 2.83. The monoisotopic (exact) mass is 726 g/mol. The summed E-state index contributed by atoms with van der Waals surface area (Å²) < 4.78 is 0. The normalized spacial score (nSPS) is 22.0. The van der Waals surface area contributed by atoms with Gasteiger partial charge in [0.25, 0.3) is 5.91 Å². The number of carbonyl (C=O) groups excluding carboxylic acids is 5. The van der Waals surface area contributed by atoms with Crippen molar-refractivity contribution in [1.82, 2.24) is 41.0 Å². The molecule has 0 saturated heterocycles. The molecular weight excluding hydrogens is 681 g/mol. The SMILES string of the molecule is CC(C)[C@@H]1NC(=O)[C@H](C)NC(=O)c2csc(n2)[C@H](Cc2ccccc2)NC(=O)CN(Cc2ccc3ncccc3c2)CCN(C)C(=O)[C@@H](C)NC1=O. The standard InChI is InChI=1S/C38H46N8O5S/c1-23(2)33-36(50)41-25(4)38(51)45(5)16-17-46(20-27-13-14-29-28(18-27)12-9-15-39-29)21-32(47)42-30(19-26-10-7-6-8-11-26)37-43-31(22-52-37)35(49)40-24(3)34(48)44-33/h6-15,18,22-25,30,33H,16-17,19-21H2,1-5H3,(H,40,49)(H,41,50)(H,42,47)(H,44,48)/t24-,25+,30-,33-/m0/s1. The van der Waals surface area contributed by atoms with E-state index in [9.17, 15) is 24.0 Å². The Morgan fingerprint density at radius 2 is 1.62 bits per heavy atom. The van der Waals surface area contributed by atoms with Crippen LogP contribution < -0.4 is 21.3 Å². The topological polar surface area (TPSA) is 166 Å². The molecule has 0 fully saturated rings. The third-order valence-electron chi connectivity index (χ3n) is 8.96. The van der Waals surface area contributed by atoms with Crippen LogP contribution in [-0.2, 0) is 32.1 Å². The molecule has 4 aromatic rings. The lowest BCUT2D eigenvalue weighted by molar-refractivity contribution is -0.136. The molecule has 2 aromatic heterocycles. The molecule has 13 nitrogen and oxygen atoms in total. The number of hydrogen-bond donors (Lipinski definition) is 4. The first-order chi connectivity index (χ1) is 24.9. The molecule has 3 heterocycles. The van der Waals surface area contributed by atoms with Crippen LogP contribution in [0.5, 0.6) is 0 Å². The van der Waals surface area contributed by atoms with Crippen LogP contribution in [0.3, 0.4) is 0 Å². The highest BCUT2D eigenvalue weighted by Crippen LogP contribution is 2.23. The molecular formula is C38H46N8O5S. The molecule has 5 rings (SSSR count). The van der Waals surface area contributed by atoms with E-state index in [1.165, 1.54) is 23.2 Å². The maximum absolute atomic E-state index is 13.9. The van der Waals surface area contributed by atoms with Crippen LogP contribution in [0, 0.1) is 5.92 Å². The Hall–Kier alpha value is -5.21. The van der Waals surface area contributed by atoms with E-state index in [2.05, 4.69) is 31.2 Å². The van der Waals surface area contributed by atoms with E-state index in [4.69, 9.17) is 0 Å². The van der Waals surface area contributed by atoms with E-state index in [1.54, 1.807) is 39.4 Å². The molecule has 2 aromatic carbocycles. The molecule has 1 aliphatic rings. The Morgan fingerprint density at radius 3 is 2.37 bits per heavy atom. The average Bonchev–Trinajstić information content (AvgIpc) is 3.62. The van der Waals surface area contributed by atoms with E-state index < -0.39 is 41.9 Å². The molecule has 274 valence electrons. The number of hydrogen-bond acceptors (Lipinski definition) is 9. The minimum atomic E-state index is -0.990. The molecule has 14 heteroatoms. The fraction of sp³-hybridized carbons (Fsp3) is 0.395. The molecule has 0 spiro atoms. The number of nitrogens with zero attached hydrogens (tertiary/aromatic N) is 4. The first-order valence-corrected chi connectivity index (χ1v) is 18.3. The number of likely N-dealkylation sites (N-methyl/N-ethyl adjacent to an activating group) is 1. The van der Waals surface area contributed by atoms with Gasteiger partial charge in [0.2, 0.25) is 23.6 Å². The number of nitrogens with one attached hydrogen (secondary N) is 4. The number of carbonyl (C=O) groups is 5. The fourth-order valence-electron chi connectivity index (χ4n) is 5.99. The largest absolute Gasteiger partial charge is 0.345 e. The minimum Gasteiger partial charge on any atom is -0.345 e. The van der Waals surface area contributed by atoms with Crippen LogP contribution in [-0.4, -0.2) is 94.1 Å². The van der Waals surface area contributed by atoms with Gasteiger partial charge in [-0.3, -0.25) is 33.9 Å². The van der Waals surface area contributed by atoms with Gasteiger partial charge in [-0.05, 0) is 55.5 Å². The summed E-state index contributed by atoms with van der Waals surface area (Å²) in [5.41, 5.74) is 2.92. The summed E-state index contributed by atoms with van der Waals surface area (Å²) in [7, 11) is 1.66. The van der Waals surface area contributed by atoms with Crippen LogP contribution >= 0.6 is 11.3 Å². The quantitative estimate of drug-likeness (QED) is 0.244. The van der Waals surface area contributed by atoms with Gasteiger partial charge in [-0.1, -0.05) is 56.3 Å². The lowest BCUT2D eigenvalue weighted by Crippen LogP contribution is -2.57. The highest BCUT2D eigenvalue weighted by atomic mass is 32.1. The third kappa shape index (κ3) is 9.98. The lowest BCUT2D eigenvalue weighted by atomic mass is 10.0. The van der Waals surface area contributed by atoms with Crippen LogP contribution in [0.2, 0.25) is 0 Å². The summed E-state index contributed by atoms with van der Waals surface area (Å²) in [6.45, 7) is 7.76. The summed E-state index contributed by atoms with van der Waals surface area (Å²) in [6.07, 6.45) is 2.18. The zero-order valence-electron chi connectivity index (χ0n) is 30.1. The zero-order valence-corrected chi connectivity index (χ0v) is 30.9. The van der Waals surface area contributed by atoms with Gasteiger partial charge in [0.1, 0.15) is 28.8 Å². The Bertz CT molecular complexity index is 1900. The Morgan fingerprint density at radius 1 is 0.846 bits per heavy atom. The molecule has 0 unspecified atom stereocenters. The van der Waals surface area contributed by atoms with Crippen molar-refractivity contribution in [2.75, 3.05) is 26.7 Å². The summed E-state index contributed by atoms with van der Waals surface area (Å²) in [6, 6.07) is 16.1. The van der Waals surface area contributed by atoms with Gasteiger partial charge in [-0.15, -0.1) is 11.3 Å². The van der Waals surface area contributed by atoms with Gasteiger partial charge in [0, 0.05) is 43.6 Å². The maximum Gasteiger partial charge on any atom is 0.271 e. The van der Waals surface area contributed by atoms with E-state index in [-0.39, 0.29) is 36.5 Å². The van der Waals surface area contributed by atoms with E-state index in [1.807, 2.05) is 65.6 Å². The van der Waals surface area contributed by atoms with Crippen LogP contribution in [0.4, 0.5) is 0 Å². The first kappa shape index (κ1) is 38.0. The maximum atomic E-state index is 13.9. The van der Waals surface area contributed by atoms with E-state index in [0.29, 0.717) is 24.5 Å². The average molecular weight is 727 g/mol. The summed E-state index contributed by atoms with van der Waals surface area (Å²) in [5.74, 6) is -2.52. The molecule has 0 saturated carbocycles. The minimum absolute atomic E-state index is 0.0186. The third-order valence-corrected chi connectivity index (χ3v) is 9.91. The van der Waals surface area contributed by atoms with Crippen LogP contribution in [0.1, 0.15) is 60.4 Å². The molecule has 2 bridgehead atoms. The zero-order chi connectivity index (χ0) is 37.4. The molecule has 1 aliphatic heterocycles. The van der Waals surface area contributed by atoms with Gasteiger partial charge in [0.05, 0.1) is 18.1 Å². The molecule has 5 amide bonds. The van der Waals surface area contributed by atoms with Crippen LogP contribution in [0.15, 0.2) is 72.2 Å². The second-order valence-corrected chi connectivity index (χ2v) is 14.4. The smallest absolute Gasteiger partial charge is 0.271 e. The van der Waals surface area contributed by atoms with Crippen molar-refractivity contribution in [2.24, 2.45) is 5.92 Å². The van der Waals surface area contributed by atoms with Crippen molar-refractivity contribution in [3.05, 3.63) is 94.1 Å². The molecule has 4 atom stereocenters. The van der Waals surface area contributed by atoms with Gasteiger partial charge >= 0.3 is 0 Å². The highest BCUT2D eigenvalue weighted by Gasteiger charge is 2.31. The Balaban J connectivity index is 1.45. The second-order valence-electron chi connectivity index (χ2n) is 13.5. The Kier molecular flexibility index (Phi) is 12.7. The number of pyridine rings is 1. The molecule has 0 aliphatic carbocycles. The Labute approximate surface area is 307 Å². The molecule has 4 N–H and O–H groups in total. The van der Waals surface area contributed by atoms with Crippen molar-refractivity contribution >= 4 is 51.8 Å². The van der Waals surface area contributed by atoms with Crippen molar-refractivity contribution in [3.63, 3.8) is 0 Å². The van der Waals surface area contributed by atoms with Crippen molar-refractivity contribution in [1.29, 1.82) is 0 Å². The number of rotatable bonds is 5. The molecule has 52 heavy (non-hydrogen) atoms. The summed E-state index contributed by atoms with van der Waals surface area (Å²) in [4.78, 5) is 79.6. The van der Waals surface area contributed by atoms with Crippen molar-refractivity contribution in [3.8, 4) is 0 Å². The van der Waals surface area contributed by atoms with Gasteiger partial charge in [-0.2, -0.15) is 0 Å². The van der Waals surface area contributed by atoms with E-state index >= 15 is 0 Å². The van der Waals surface area contributed by atoms with Gasteiger partial charge in [-0.25, -0.2) is 4.98 Å². The second kappa shape index (κ2) is 17.3. The fourth-order valence-corrected chi connectivity index (χ4v) is 6.84. The van der Waals surface area contributed by atoms with Gasteiger partial charge in [0.15, 0.2) is 0 Å². The van der Waals surface area contributed by atoms with Crippen molar-refractivity contribution in [2.45, 2.75) is 64.8 Å². The van der Waals surface area contributed by atoms with Crippen molar-refractivity contribution < 1.29 is 24.0 Å². The summed E-state index contributed by atoms with van der Waals surface area (Å²) >= 11 is 1.25. The van der Waals surface area contributed by atoms with Crippen LogP contribution in [0.25, 0.3) is 10.9 Å². The summed E-state index contributed by atoms with van der Waals surface area (Å²) in [5, 5.41) is 14.4. The molecule has 0 radical (unpaired) electrons. The van der Waals surface area contributed by atoms with Gasteiger partial charge < -0.3 is 26.2 Å². The number of benzene rings is 2. The highest BCUT2D eigenvalue weighted by molar-refractivity contribution is 7.09. The number of aromatic nitrogens is 2. The number of fused-ring (bicyclic) bond motifs is 3.